The zero-order valence-electron chi connectivity index (χ0n) is 11.2. The molecule has 2 aliphatic rings. The quantitative estimate of drug-likeness (QED) is 0.792. The van der Waals surface area contributed by atoms with E-state index in [0.717, 1.165) is 11.0 Å². The van der Waals surface area contributed by atoms with E-state index >= 15 is 0 Å². The Morgan fingerprint density at radius 2 is 2.00 bits per heavy atom. The summed E-state index contributed by atoms with van der Waals surface area (Å²) in [6, 6.07) is 2.29. The third-order valence-electron chi connectivity index (χ3n) is 3.97. The molecule has 0 saturated heterocycles. The van der Waals surface area contributed by atoms with Crippen molar-refractivity contribution in [1.29, 1.82) is 5.26 Å². The van der Waals surface area contributed by atoms with Gasteiger partial charge in [0.25, 0.3) is 0 Å². The first-order valence-corrected chi connectivity index (χ1v) is 9.20. The van der Waals surface area contributed by atoms with Gasteiger partial charge in [0.1, 0.15) is 5.01 Å². The van der Waals surface area contributed by atoms with Gasteiger partial charge in [0.15, 0.2) is 0 Å². The van der Waals surface area contributed by atoms with Crippen molar-refractivity contribution in [3.05, 3.63) is 15.6 Å². The second-order valence-electron chi connectivity index (χ2n) is 5.60. The molecule has 4 heteroatoms. The summed E-state index contributed by atoms with van der Waals surface area (Å²) in [5.41, 5.74) is 1.26. The van der Waals surface area contributed by atoms with Gasteiger partial charge in [0.2, 0.25) is 0 Å². The van der Waals surface area contributed by atoms with Gasteiger partial charge < -0.3 is 0 Å². The van der Waals surface area contributed by atoms with Crippen molar-refractivity contribution in [2.45, 2.75) is 68.3 Å². The Hall–Kier alpha value is -0.530. The Balaban J connectivity index is 1.60. The van der Waals surface area contributed by atoms with Gasteiger partial charge >= 0.3 is 0 Å². The first kappa shape index (κ1) is 13.5. The van der Waals surface area contributed by atoms with Crippen LogP contribution >= 0.6 is 23.1 Å². The van der Waals surface area contributed by atoms with Crippen molar-refractivity contribution in [2.24, 2.45) is 0 Å². The molecule has 1 aromatic heterocycles. The fourth-order valence-electron chi connectivity index (χ4n) is 2.77. The summed E-state index contributed by atoms with van der Waals surface area (Å²) in [4.78, 5) is 6.06. The molecule has 19 heavy (non-hydrogen) atoms. The minimum Gasteiger partial charge on any atom is -0.245 e. The Morgan fingerprint density at radius 1 is 1.21 bits per heavy atom. The molecular weight excluding hydrogens is 272 g/mol. The molecule has 0 spiro atoms. The van der Waals surface area contributed by atoms with Crippen LogP contribution in [0.25, 0.3) is 0 Å². The smallest absolute Gasteiger partial charge is 0.103 e. The van der Waals surface area contributed by atoms with Crippen LogP contribution in [-0.2, 0) is 12.2 Å². The van der Waals surface area contributed by atoms with Crippen molar-refractivity contribution in [3.63, 3.8) is 0 Å². The van der Waals surface area contributed by atoms with Crippen LogP contribution in [0.15, 0.2) is 0 Å². The number of hydrogen-bond donors (Lipinski definition) is 0. The SMILES string of the molecule is N#CCc1sc(CSC2CCCCC2)nc1C1CC1. The molecular formula is C15H20N2S2. The van der Waals surface area contributed by atoms with Crippen molar-refractivity contribution in [2.75, 3.05) is 0 Å². The summed E-state index contributed by atoms with van der Waals surface area (Å²) in [7, 11) is 0. The van der Waals surface area contributed by atoms with Gasteiger partial charge in [-0.2, -0.15) is 17.0 Å². The highest BCUT2D eigenvalue weighted by atomic mass is 32.2. The first-order chi connectivity index (χ1) is 9.36. The molecule has 1 aromatic rings. The molecule has 0 unspecified atom stereocenters. The third kappa shape index (κ3) is 3.52. The molecule has 3 rings (SSSR count). The monoisotopic (exact) mass is 292 g/mol. The predicted octanol–water partition coefficient (Wildman–Crippen LogP) is 4.65. The van der Waals surface area contributed by atoms with E-state index in [1.807, 2.05) is 0 Å². The molecule has 2 fully saturated rings. The minimum atomic E-state index is 0.553. The van der Waals surface area contributed by atoms with Gasteiger partial charge in [-0.15, -0.1) is 11.3 Å². The number of nitrogens with zero attached hydrogens (tertiary/aromatic N) is 2. The van der Waals surface area contributed by atoms with Crippen LogP contribution in [0.5, 0.6) is 0 Å². The normalized spacial score (nSPS) is 20.4. The van der Waals surface area contributed by atoms with E-state index in [-0.39, 0.29) is 0 Å². The molecule has 0 N–H and O–H groups in total. The third-order valence-corrected chi connectivity index (χ3v) is 6.61. The zero-order chi connectivity index (χ0) is 13.1. The van der Waals surface area contributed by atoms with E-state index < -0.39 is 0 Å². The topological polar surface area (TPSA) is 36.7 Å². The van der Waals surface area contributed by atoms with Gasteiger partial charge in [-0.3, -0.25) is 0 Å². The molecule has 0 bridgehead atoms. The second kappa shape index (κ2) is 6.28. The van der Waals surface area contributed by atoms with E-state index in [1.54, 1.807) is 11.3 Å². The number of rotatable bonds is 5. The van der Waals surface area contributed by atoms with Gasteiger partial charge in [-0.1, -0.05) is 19.3 Å². The average molecular weight is 292 g/mol. The number of thiazole rings is 1. The molecule has 0 aromatic carbocycles. The Kier molecular flexibility index (Phi) is 4.45. The highest BCUT2D eigenvalue weighted by Gasteiger charge is 2.29. The van der Waals surface area contributed by atoms with Crippen LogP contribution < -0.4 is 0 Å². The number of thioether (sulfide) groups is 1. The van der Waals surface area contributed by atoms with E-state index in [2.05, 4.69) is 17.8 Å². The van der Waals surface area contributed by atoms with E-state index in [4.69, 9.17) is 10.2 Å². The van der Waals surface area contributed by atoms with Crippen LogP contribution in [-0.4, -0.2) is 10.2 Å². The van der Waals surface area contributed by atoms with Crippen molar-refractivity contribution >= 4 is 23.1 Å². The highest BCUT2D eigenvalue weighted by Crippen LogP contribution is 2.43. The lowest BCUT2D eigenvalue weighted by Gasteiger charge is -2.20. The molecule has 2 aliphatic carbocycles. The van der Waals surface area contributed by atoms with Crippen LogP contribution in [0.1, 0.15) is 66.4 Å². The molecule has 2 nitrogen and oxygen atoms in total. The molecule has 102 valence electrons. The van der Waals surface area contributed by atoms with Crippen LogP contribution in [0, 0.1) is 11.3 Å². The highest BCUT2D eigenvalue weighted by molar-refractivity contribution is 7.99. The van der Waals surface area contributed by atoms with E-state index in [0.29, 0.717) is 12.3 Å². The van der Waals surface area contributed by atoms with Gasteiger partial charge in [-0.25, -0.2) is 4.98 Å². The van der Waals surface area contributed by atoms with Gasteiger partial charge in [-0.05, 0) is 25.7 Å². The summed E-state index contributed by atoms with van der Waals surface area (Å²) in [6.07, 6.45) is 10.1. The largest absolute Gasteiger partial charge is 0.245 e. The fraction of sp³-hybridized carbons (Fsp3) is 0.733. The zero-order valence-corrected chi connectivity index (χ0v) is 12.9. The lowest BCUT2D eigenvalue weighted by molar-refractivity contribution is 0.516. The second-order valence-corrected chi connectivity index (χ2v) is 8.05. The number of hydrogen-bond acceptors (Lipinski definition) is 4. The van der Waals surface area contributed by atoms with E-state index in [1.165, 1.54) is 60.5 Å². The van der Waals surface area contributed by atoms with Crippen LogP contribution in [0.4, 0.5) is 0 Å². The molecule has 0 atom stereocenters. The molecule has 0 amide bonds. The maximum Gasteiger partial charge on any atom is 0.103 e. The fourth-order valence-corrected chi connectivity index (χ4v) is 5.20. The molecule has 0 radical (unpaired) electrons. The Bertz CT molecular complexity index is 465. The Labute approximate surface area is 123 Å². The summed E-state index contributed by atoms with van der Waals surface area (Å²) >= 11 is 3.87. The summed E-state index contributed by atoms with van der Waals surface area (Å²) < 4.78 is 0. The minimum absolute atomic E-state index is 0.553. The van der Waals surface area contributed by atoms with Crippen molar-refractivity contribution in [3.8, 4) is 6.07 Å². The maximum atomic E-state index is 8.91. The Morgan fingerprint density at radius 3 is 2.68 bits per heavy atom. The number of nitriles is 1. The predicted molar refractivity (Wildman–Crippen MR) is 81.6 cm³/mol. The van der Waals surface area contributed by atoms with Crippen molar-refractivity contribution < 1.29 is 0 Å². The van der Waals surface area contributed by atoms with Crippen LogP contribution in [0.2, 0.25) is 0 Å². The summed E-state index contributed by atoms with van der Waals surface area (Å²) in [6.45, 7) is 0. The van der Waals surface area contributed by atoms with E-state index in [9.17, 15) is 0 Å². The lowest BCUT2D eigenvalue weighted by Crippen LogP contribution is -2.08. The standard InChI is InChI=1S/C15H20N2S2/c16-9-8-13-15(11-6-7-11)17-14(19-13)10-18-12-4-2-1-3-5-12/h11-12H,1-8,10H2. The summed E-state index contributed by atoms with van der Waals surface area (Å²) in [5, 5.41) is 11.0. The average Bonchev–Trinajstić information content (AvgIpc) is 3.21. The first-order valence-electron chi connectivity index (χ1n) is 7.34. The van der Waals surface area contributed by atoms with Crippen LogP contribution in [0.3, 0.4) is 0 Å². The molecule has 0 aliphatic heterocycles. The lowest BCUT2D eigenvalue weighted by atomic mass is 10.0. The number of aromatic nitrogens is 1. The molecule has 2 saturated carbocycles. The summed E-state index contributed by atoms with van der Waals surface area (Å²) in [5.74, 6) is 1.73. The van der Waals surface area contributed by atoms with Gasteiger partial charge in [0, 0.05) is 21.8 Å². The van der Waals surface area contributed by atoms with Crippen molar-refractivity contribution in [1.82, 2.24) is 4.98 Å². The van der Waals surface area contributed by atoms with Gasteiger partial charge in [0.05, 0.1) is 18.2 Å². The molecule has 1 heterocycles. The maximum absolute atomic E-state index is 8.91.